The van der Waals surface area contributed by atoms with Gasteiger partial charge in [0.15, 0.2) is 4.90 Å². The summed E-state index contributed by atoms with van der Waals surface area (Å²) in [5, 5.41) is 4.04. The number of sulfonamides is 1. The van der Waals surface area contributed by atoms with Crippen molar-refractivity contribution >= 4 is 15.7 Å². The number of rotatable bonds is 5. The number of nitrogens with one attached hydrogen (secondary N) is 1. The molecule has 0 unspecified atom stereocenters. The predicted molar refractivity (Wildman–Crippen MR) is 84.9 cm³/mol. The van der Waals surface area contributed by atoms with E-state index >= 15 is 0 Å². The third-order valence-electron chi connectivity index (χ3n) is 3.26. The zero-order valence-electron chi connectivity index (χ0n) is 12.4. The molecule has 0 saturated heterocycles. The first-order chi connectivity index (χ1) is 11.5. The first kappa shape index (κ1) is 16.1. The monoisotopic (exact) mass is 349 g/mol. The Labute approximate surface area is 137 Å². The molecular formula is C16H13F2N3O2S. The molecule has 0 fully saturated rings. The van der Waals surface area contributed by atoms with E-state index in [0.29, 0.717) is 6.54 Å². The molecule has 2 aromatic carbocycles. The van der Waals surface area contributed by atoms with Gasteiger partial charge in [0.2, 0.25) is 0 Å². The highest BCUT2D eigenvalue weighted by Gasteiger charge is 2.24. The van der Waals surface area contributed by atoms with Gasteiger partial charge in [0.1, 0.15) is 11.6 Å². The van der Waals surface area contributed by atoms with Gasteiger partial charge in [0.05, 0.1) is 18.4 Å². The maximum atomic E-state index is 13.7. The van der Waals surface area contributed by atoms with Gasteiger partial charge in [-0.25, -0.2) is 17.2 Å². The van der Waals surface area contributed by atoms with E-state index in [0.717, 1.165) is 23.8 Å². The Balaban J connectivity index is 1.81. The summed E-state index contributed by atoms with van der Waals surface area (Å²) in [6.45, 7) is 0.441. The normalized spacial score (nSPS) is 11.4. The molecule has 3 aromatic rings. The third kappa shape index (κ3) is 3.43. The number of aromatic nitrogens is 2. The van der Waals surface area contributed by atoms with Crippen molar-refractivity contribution in [2.45, 2.75) is 11.4 Å². The number of benzene rings is 2. The summed E-state index contributed by atoms with van der Waals surface area (Å²) in [5.74, 6) is -2.31. The molecular weight excluding hydrogens is 336 g/mol. The van der Waals surface area contributed by atoms with E-state index in [1.807, 2.05) is 30.3 Å². The third-order valence-corrected chi connectivity index (χ3v) is 4.69. The molecule has 0 saturated carbocycles. The fraction of sp³-hybridized carbons (Fsp3) is 0.0625. The molecule has 0 amide bonds. The highest BCUT2D eigenvalue weighted by Crippen LogP contribution is 2.21. The lowest BCUT2D eigenvalue weighted by atomic mass is 10.2. The average molecular weight is 349 g/mol. The number of nitrogens with zero attached hydrogens (tertiary/aromatic N) is 2. The lowest BCUT2D eigenvalue weighted by Gasteiger charge is -2.07. The van der Waals surface area contributed by atoms with Crippen LogP contribution < -0.4 is 4.72 Å². The molecule has 124 valence electrons. The SMILES string of the molecule is O=S(=O)(Nc1cnn(Cc2ccccc2)c1)c1c(F)cccc1F. The quantitative estimate of drug-likeness (QED) is 0.770. The van der Waals surface area contributed by atoms with Crippen molar-refractivity contribution < 1.29 is 17.2 Å². The van der Waals surface area contributed by atoms with Gasteiger partial charge in [-0.2, -0.15) is 5.10 Å². The van der Waals surface area contributed by atoms with Crippen LogP contribution in [0.2, 0.25) is 0 Å². The summed E-state index contributed by atoms with van der Waals surface area (Å²) in [6, 6.07) is 12.3. The van der Waals surface area contributed by atoms with Crippen molar-refractivity contribution in [2.75, 3.05) is 4.72 Å². The Hall–Kier alpha value is -2.74. The van der Waals surface area contributed by atoms with E-state index in [9.17, 15) is 17.2 Å². The van der Waals surface area contributed by atoms with Gasteiger partial charge in [0, 0.05) is 6.20 Å². The molecule has 0 atom stereocenters. The van der Waals surface area contributed by atoms with Crippen LogP contribution in [-0.4, -0.2) is 18.2 Å². The summed E-state index contributed by atoms with van der Waals surface area (Å²) in [7, 11) is -4.39. The van der Waals surface area contributed by atoms with Crippen LogP contribution in [0, 0.1) is 11.6 Å². The van der Waals surface area contributed by atoms with Crippen molar-refractivity contribution in [2.24, 2.45) is 0 Å². The highest BCUT2D eigenvalue weighted by molar-refractivity contribution is 7.92. The summed E-state index contributed by atoms with van der Waals surface area (Å²) in [6.07, 6.45) is 2.72. The molecule has 0 bridgehead atoms. The van der Waals surface area contributed by atoms with Crippen LogP contribution in [0.5, 0.6) is 0 Å². The molecule has 5 nitrogen and oxygen atoms in total. The highest BCUT2D eigenvalue weighted by atomic mass is 32.2. The van der Waals surface area contributed by atoms with Crippen LogP contribution in [0.4, 0.5) is 14.5 Å². The molecule has 24 heavy (non-hydrogen) atoms. The number of halogens is 2. The Kier molecular flexibility index (Phi) is 4.30. The molecule has 0 spiro atoms. The van der Waals surface area contributed by atoms with Gasteiger partial charge in [-0.15, -0.1) is 0 Å². The van der Waals surface area contributed by atoms with E-state index in [1.165, 1.54) is 17.1 Å². The van der Waals surface area contributed by atoms with E-state index in [4.69, 9.17) is 0 Å². The Bertz CT molecular complexity index is 936. The number of anilines is 1. The van der Waals surface area contributed by atoms with E-state index < -0.39 is 26.6 Å². The largest absolute Gasteiger partial charge is 0.276 e. The van der Waals surface area contributed by atoms with Crippen molar-refractivity contribution in [1.82, 2.24) is 9.78 Å². The Morgan fingerprint density at radius 2 is 1.67 bits per heavy atom. The second-order valence-electron chi connectivity index (χ2n) is 5.07. The van der Waals surface area contributed by atoms with Gasteiger partial charge >= 0.3 is 0 Å². The maximum Gasteiger partial charge on any atom is 0.267 e. The summed E-state index contributed by atoms with van der Waals surface area (Å²) in [4.78, 5) is -1.01. The van der Waals surface area contributed by atoms with Crippen LogP contribution in [0.1, 0.15) is 5.56 Å². The first-order valence-electron chi connectivity index (χ1n) is 6.99. The molecule has 0 aliphatic rings. The molecule has 1 heterocycles. The van der Waals surface area contributed by atoms with Crippen LogP contribution >= 0.6 is 0 Å². The van der Waals surface area contributed by atoms with Gasteiger partial charge in [-0.3, -0.25) is 9.40 Å². The first-order valence-corrected chi connectivity index (χ1v) is 8.47. The van der Waals surface area contributed by atoms with Crippen molar-refractivity contribution in [3.8, 4) is 0 Å². The summed E-state index contributed by atoms with van der Waals surface area (Å²) < 4.78 is 55.3. The number of hydrogen-bond donors (Lipinski definition) is 1. The van der Waals surface area contributed by atoms with Gasteiger partial charge < -0.3 is 0 Å². The number of hydrogen-bond acceptors (Lipinski definition) is 3. The van der Waals surface area contributed by atoms with Crippen molar-refractivity contribution in [3.05, 3.63) is 78.1 Å². The van der Waals surface area contributed by atoms with Gasteiger partial charge in [-0.1, -0.05) is 36.4 Å². The molecule has 3 rings (SSSR count). The van der Waals surface area contributed by atoms with Crippen LogP contribution in [0.25, 0.3) is 0 Å². The fourth-order valence-electron chi connectivity index (χ4n) is 2.22. The van der Waals surface area contributed by atoms with E-state index in [-0.39, 0.29) is 5.69 Å². The minimum absolute atomic E-state index is 0.119. The van der Waals surface area contributed by atoms with Crippen LogP contribution in [0.3, 0.4) is 0 Å². The van der Waals surface area contributed by atoms with Crippen molar-refractivity contribution in [3.63, 3.8) is 0 Å². The average Bonchev–Trinajstić information content (AvgIpc) is 2.94. The second kappa shape index (κ2) is 6.40. The molecule has 8 heteroatoms. The minimum atomic E-state index is -4.39. The zero-order valence-corrected chi connectivity index (χ0v) is 13.2. The summed E-state index contributed by atoms with van der Waals surface area (Å²) >= 11 is 0. The molecule has 0 aliphatic heterocycles. The Morgan fingerprint density at radius 1 is 1.00 bits per heavy atom. The second-order valence-corrected chi connectivity index (χ2v) is 6.69. The van der Waals surface area contributed by atoms with Crippen molar-refractivity contribution in [1.29, 1.82) is 0 Å². The predicted octanol–water partition coefficient (Wildman–Crippen LogP) is 3.01. The minimum Gasteiger partial charge on any atom is -0.276 e. The zero-order chi connectivity index (χ0) is 17.2. The maximum absolute atomic E-state index is 13.7. The van der Waals surface area contributed by atoms with Crippen LogP contribution in [0.15, 0.2) is 65.8 Å². The smallest absolute Gasteiger partial charge is 0.267 e. The van der Waals surface area contributed by atoms with E-state index in [1.54, 1.807) is 0 Å². The lowest BCUT2D eigenvalue weighted by Crippen LogP contribution is -2.16. The summed E-state index contributed by atoms with van der Waals surface area (Å²) in [5.41, 5.74) is 1.10. The molecule has 1 aromatic heterocycles. The molecule has 1 N–H and O–H groups in total. The van der Waals surface area contributed by atoms with Gasteiger partial charge in [-0.05, 0) is 17.7 Å². The fourth-order valence-corrected chi connectivity index (χ4v) is 3.39. The van der Waals surface area contributed by atoms with Gasteiger partial charge in [0.25, 0.3) is 10.0 Å². The topological polar surface area (TPSA) is 64.0 Å². The Morgan fingerprint density at radius 3 is 2.33 bits per heavy atom. The lowest BCUT2D eigenvalue weighted by molar-refractivity contribution is 0.521. The standard InChI is InChI=1S/C16H13F2N3O2S/c17-14-7-4-8-15(18)16(14)24(22,23)20-13-9-19-21(11-13)10-12-5-2-1-3-6-12/h1-9,11,20H,10H2. The molecule has 0 aliphatic carbocycles. The molecule has 0 radical (unpaired) electrons. The van der Waals surface area contributed by atoms with E-state index in [2.05, 4.69) is 9.82 Å². The van der Waals surface area contributed by atoms with Crippen LogP contribution in [-0.2, 0) is 16.6 Å².